The number of nitrogens with zero attached hydrogens (tertiary/aromatic N) is 4. The van der Waals surface area contributed by atoms with Crippen molar-refractivity contribution >= 4 is 44.7 Å². The van der Waals surface area contributed by atoms with E-state index in [1.54, 1.807) is 20.4 Å². The summed E-state index contributed by atoms with van der Waals surface area (Å²) >= 11 is 6.56. The molecule has 0 aliphatic carbocycles. The predicted octanol–water partition coefficient (Wildman–Crippen LogP) is 5.61. The van der Waals surface area contributed by atoms with Crippen LogP contribution in [0.5, 0.6) is 17.2 Å². The maximum absolute atomic E-state index is 9.88. The van der Waals surface area contributed by atoms with Crippen LogP contribution in [0, 0.1) is 18.3 Å². The van der Waals surface area contributed by atoms with Crippen LogP contribution in [0.15, 0.2) is 42.6 Å². The summed E-state index contributed by atoms with van der Waals surface area (Å²) < 4.78 is 17.3. The number of hydrogen-bond acceptors (Lipinski definition) is 8. The van der Waals surface area contributed by atoms with Gasteiger partial charge in [0.05, 0.1) is 41.7 Å². The third-order valence-corrected chi connectivity index (χ3v) is 7.55. The molecule has 1 saturated heterocycles. The zero-order chi connectivity index (χ0) is 27.5. The number of piperazine rings is 1. The number of nitriles is 1. The largest absolute Gasteiger partial charge is 0.496 e. The number of halogens is 1. The Balaban J connectivity index is 1.50. The molecule has 0 spiro atoms. The minimum atomic E-state index is 0.412. The molecular weight excluding hydrogens is 514 g/mol. The van der Waals surface area contributed by atoms with Crippen molar-refractivity contribution in [2.24, 2.45) is 0 Å². The Hall–Kier alpha value is -3.77. The van der Waals surface area contributed by atoms with Gasteiger partial charge in [-0.15, -0.1) is 0 Å². The van der Waals surface area contributed by atoms with Crippen molar-refractivity contribution in [3.05, 3.63) is 58.7 Å². The summed E-state index contributed by atoms with van der Waals surface area (Å²) in [6.07, 6.45) is 1.57. The van der Waals surface area contributed by atoms with E-state index in [1.807, 2.05) is 43.3 Å². The zero-order valence-electron chi connectivity index (χ0n) is 22.7. The lowest BCUT2D eigenvalue weighted by atomic mass is 10.0. The molecule has 3 aromatic carbocycles. The molecule has 202 valence electrons. The fraction of sp³-hybridized carbons (Fsp3) is 0.333. The summed E-state index contributed by atoms with van der Waals surface area (Å²) in [5, 5.41) is 16.5. The van der Waals surface area contributed by atoms with E-state index in [0.29, 0.717) is 45.8 Å². The van der Waals surface area contributed by atoms with Crippen molar-refractivity contribution in [3.63, 3.8) is 0 Å². The van der Waals surface area contributed by atoms with Crippen LogP contribution >= 0.6 is 11.6 Å². The highest BCUT2D eigenvalue weighted by molar-refractivity contribution is 6.33. The number of pyridine rings is 1. The van der Waals surface area contributed by atoms with E-state index in [-0.39, 0.29) is 0 Å². The predicted molar refractivity (Wildman–Crippen MR) is 156 cm³/mol. The molecule has 1 aliphatic rings. The number of hydrogen-bond donors (Lipinski definition) is 1. The number of likely N-dealkylation sites (N-methyl/N-ethyl adjacent to an activating group) is 1. The number of aryl methyl sites for hydroxylation is 1. The molecule has 39 heavy (non-hydrogen) atoms. The van der Waals surface area contributed by atoms with Crippen LogP contribution in [-0.2, 0) is 0 Å². The molecule has 1 fully saturated rings. The monoisotopic (exact) mass is 545 g/mol. The Labute approximate surface area is 233 Å². The Morgan fingerprint density at radius 3 is 2.41 bits per heavy atom. The smallest absolute Gasteiger partial charge is 0.161 e. The van der Waals surface area contributed by atoms with Crippen molar-refractivity contribution < 1.29 is 14.2 Å². The van der Waals surface area contributed by atoms with Gasteiger partial charge in [-0.1, -0.05) is 11.6 Å². The van der Waals surface area contributed by atoms with E-state index in [4.69, 9.17) is 25.8 Å². The molecular formula is C30H32ClN5O3. The van der Waals surface area contributed by atoms with Crippen molar-refractivity contribution in [1.82, 2.24) is 14.8 Å². The Morgan fingerprint density at radius 1 is 0.974 bits per heavy atom. The quantitative estimate of drug-likeness (QED) is 0.286. The maximum Gasteiger partial charge on any atom is 0.161 e. The Kier molecular flexibility index (Phi) is 7.94. The number of ether oxygens (including phenoxy) is 3. The Bertz CT molecular complexity index is 1560. The third-order valence-electron chi connectivity index (χ3n) is 7.23. The van der Waals surface area contributed by atoms with E-state index in [2.05, 4.69) is 33.2 Å². The van der Waals surface area contributed by atoms with Gasteiger partial charge >= 0.3 is 0 Å². The molecule has 1 aliphatic heterocycles. The molecule has 0 amide bonds. The summed E-state index contributed by atoms with van der Waals surface area (Å²) in [4.78, 5) is 9.31. The SMILES string of the molecule is COc1cc(Nc2c(C#N)cnc3cc4cc(OC)c(OCCN5CCN(C)CC5)cc4cc23)c(Cl)cc1C. The van der Waals surface area contributed by atoms with E-state index in [0.717, 1.165) is 60.0 Å². The van der Waals surface area contributed by atoms with E-state index in [9.17, 15) is 5.26 Å². The second-order valence-electron chi connectivity index (χ2n) is 9.80. The summed E-state index contributed by atoms with van der Waals surface area (Å²) in [7, 11) is 5.42. The fourth-order valence-corrected chi connectivity index (χ4v) is 5.16. The van der Waals surface area contributed by atoms with Gasteiger partial charge in [0, 0.05) is 50.4 Å². The molecule has 9 heteroatoms. The normalized spacial score (nSPS) is 14.4. The second-order valence-corrected chi connectivity index (χ2v) is 10.2. The standard InChI is InChI=1S/C30H32ClN5O3/c1-19-11-24(31)26(16-27(19)37-3)34-30-22(17-32)18-33-25-13-21-14-28(38-4)29(15-20(21)12-23(25)30)39-10-9-36-7-5-35(2)6-8-36/h11-16,18H,5-10H2,1-4H3,(H,33,34). The van der Waals surface area contributed by atoms with Gasteiger partial charge in [0.15, 0.2) is 11.5 Å². The highest BCUT2D eigenvalue weighted by Gasteiger charge is 2.17. The first-order valence-corrected chi connectivity index (χ1v) is 13.3. The topological polar surface area (TPSA) is 82.9 Å². The first kappa shape index (κ1) is 26.8. The number of methoxy groups -OCH3 is 2. The average Bonchev–Trinajstić information content (AvgIpc) is 2.94. The van der Waals surface area contributed by atoms with Gasteiger partial charge in [-0.3, -0.25) is 9.88 Å². The summed E-state index contributed by atoms with van der Waals surface area (Å²) in [6, 6.07) is 13.9. The minimum absolute atomic E-state index is 0.412. The van der Waals surface area contributed by atoms with Gasteiger partial charge in [0.25, 0.3) is 0 Å². The van der Waals surface area contributed by atoms with E-state index in [1.165, 1.54) is 0 Å². The highest BCUT2D eigenvalue weighted by Crippen LogP contribution is 2.39. The molecule has 5 rings (SSSR count). The number of fused-ring (bicyclic) bond motifs is 2. The molecule has 0 radical (unpaired) electrons. The van der Waals surface area contributed by atoms with Crippen LogP contribution < -0.4 is 19.5 Å². The zero-order valence-corrected chi connectivity index (χ0v) is 23.4. The van der Waals surface area contributed by atoms with Gasteiger partial charge < -0.3 is 24.4 Å². The number of benzene rings is 3. The molecule has 8 nitrogen and oxygen atoms in total. The molecule has 4 aromatic rings. The lowest BCUT2D eigenvalue weighted by Gasteiger charge is -2.32. The van der Waals surface area contributed by atoms with Gasteiger partial charge in [-0.25, -0.2) is 0 Å². The van der Waals surface area contributed by atoms with Crippen LogP contribution in [0.25, 0.3) is 21.7 Å². The van der Waals surface area contributed by atoms with Gasteiger partial charge in [0.1, 0.15) is 18.4 Å². The van der Waals surface area contributed by atoms with E-state index < -0.39 is 0 Å². The lowest BCUT2D eigenvalue weighted by Crippen LogP contribution is -2.45. The molecule has 0 atom stereocenters. The van der Waals surface area contributed by atoms with Crippen LogP contribution in [0.1, 0.15) is 11.1 Å². The molecule has 1 N–H and O–H groups in total. The fourth-order valence-electron chi connectivity index (χ4n) is 4.90. The van der Waals surface area contributed by atoms with Crippen molar-refractivity contribution in [1.29, 1.82) is 5.26 Å². The number of aromatic nitrogens is 1. The molecule has 0 unspecified atom stereocenters. The van der Waals surface area contributed by atoms with Crippen molar-refractivity contribution in [2.45, 2.75) is 6.92 Å². The lowest BCUT2D eigenvalue weighted by molar-refractivity contribution is 0.133. The molecule has 0 saturated carbocycles. The summed E-state index contributed by atoms with van der Waals surface area (Å²) in [5.74, 6) is 2.06. The number of rotatable bonds is 8. The summed E-state index contributed by atoms with van der Waals surface area (Å²) in [5.41, 5.74) is 3.35. The van der Waals surface area contributed by atoms with Gasteiger partial charge in [0.2, 0.25) is 0 Å². The number of nitrogens with one attached hydrogen (secondary N) is 1. The molecule has 0 bridgehead atoms. The Morgan fingerprint density at radius 2 is 1.69 bits per heavy atom. The summed E-state index contributed by atoms with van der Waals surface area (Å²) in [6.45, 7) is 7.59. The maximum atomic E-state index is 9.88. The van der Waals surface area contributed by atoms with Crippen LogP contribution in [0.4, 0.5) is 11.4 Å². The van der Waals surface area contributed by atoms with Crippen molar-refractivity contribution in [2.75, 3.05) is 65.9 Å². The molecule has 1 aromatic heterocycles. The van der Waals surface area contributed by atoms with E-state index >= 15 is 0 Å². The average molecular weight is 546 g/mol. The number of anilines is 2. The minimum Gasteiger partial charge on any atom is -0.496 e. The highest BCUT2D eigenvalue weighted by atomic mass is 35.5. The first-order valence-electron chi connectivity index (χ1n) is 12.9. The molecule has 2 heterocycles. The van der Waals surface area contributed by atoms with Crippen LogP contribution in [0.2, 0.25) is 5.02 Å². The first-order chi connectivity index (χ1) is 18.9. The van der Waals surface area contributed by atoms with Crippen molar-refractivity contribution in [3.8, 4) is 23.3 Å². The van der Waals surface area contributed by atoms with Crippen LogP contribution in [-0.4, -0.2) is 75.4 Å². The van der Waals surface area contributed by atoms with Gasteiger partial charge in [-0.2, -0.15) is 5.26 Å². The second kappa shape index (κ2) is 11.5. The van der Waals surface area contributed by atoms with Crippen LogP contribution in [0.3, 0.4) is 0 Å². The van der Waals surface area contributed by atoms with Gasteiger partial charge in [-0.05, 0) is 60.6 Å². The third kappa shape index (κ3) is 5.66.